The van der Waals surface area contributed by atoms with Crippen molar-refractivity contribution in [1.29, 1.82) is 0 Å². The van der Waals surface area contributed by atoms with Crippen LogP contribution < -0.4 is 5.73 Å². The molecule has 0 aliphatic carbocycles. The van der Waals surface area contributed by atoms with Crippen LogP contribution in [-0.2, 0) is 5.41 Å². The molecule has 0 atom stereocenters. The van der Waals surface area contributed by atoms with E-state index in [2.05, 4.69) is 107 Å². The van der Waals surface area contributed by atoms with Crippen LogP contribution >= 0.6 is 0 Å². The summed E-state index contributed by atoms with van der Waals surface area (Å²) in [5, 5.41) is 0. The van der Waals surface area contributed by atoms with Gasteiger partial charge in [-0.3, -0.25) is 0 Å². The van der Waals surface area contributed by atoms with Gasteiger partial charge in [0.05, 0.1) is 0 Å². The zero-order chi connectivity index (χ0) is 22.7. The molecule has 1 heteroatoms. The van der Waals surface area contributed by atoms with Crippen molar-refractivity contribution in [3.63, 3.8) is 0 Å². The van der Waals surface area contributed by atoms with Gasteiger partial charge in [-0.2, -0.15) is 0 Å². The highest BCUT2D eigenvalue weighted by molar-refractivity contribution is 5.81. The Balaban J connectivity index is 1.82. The van der Waals surface area contributed by atoms with Crippen LogP contribution in [0.1, 0.15) is 44.7 Å². The SMILES string of the molecule is CCC(C)(CC)c1ccc(-c2cc(-c3ccc(C)cc3)cc(-c3ccc(N)cc3)c2)cc1. The van der Waals surface area contributed by atoms with E-state index >= 15 is 0 Å². The molecule has 2 N–H and O–H groups in total. The van der Waals surface area contributed by atoms with E-state index in [4.69, 9.17) is 5.73 Å². The minimum Gasteiger partial charge on any atom is -0.399 e. The maximum absolute atomic E-state index is 5.93. The first-order valence-corrected chi connectivity index (χ1v) is 11.6. The second-order valence-electron chi connectivity index (χ2n) is 9.13. The predicted molar refractivity (Wildman–Crippen MR) is 140 cm³/mol. The summed E-state index contributed by atoms with van der Waals surface area (Å²) in [7, 11) is 0. The van der Waals surface area contributed by atoms with Crippen LogP contribution in [0.4, 0.5) is 5.69 Å². The van der Waals surface area contributed by atoms with Crippen molar-refractivity contribution >= 4 is 5.69 Å². The maximum atomic E-state index is 5.93. The van der Waals surface area contributed by atoms with E-state index in [1.54, 1.807) is 0 Å². The normalized spacial score (nSPS) is 11.5. The topological polar surface area (TPSA) is 26.0 Å². The molecule has 0 radical (unpaired) electrons. The van der Waals surface area contributed by atoms with Gasteiger partial charge in [0.1, 0.15) is 0 Å². The fourth-order valence-electron chi connectivity index (χ4n) is 4.27. The summed E-state index contributed by atoms with van der Waals surface area (Å²) in [5.41, 5.74) is 17.0. The Kier molecular flexibility index (Phi) is 6.19. The van der Waals surface area contributed by atoms with E-state index in [-0.39, 0.29) is 5.41 Å². The molecule has 0 heterocycles. The van der Waals surface area contributed by atoms with E-state index in [1.807, 2.05) is 12.1 Å². The standard InChI is InChI=1S/C31H33N/c1-5-31(4,6-2)29-15-11-24(12-16-29)27-19-26(23-9-7-22(3)8-10-23)20-28(21-27)25-13-17-30(32)18-14-25/h7-21H,5-6,32H2,1-4H3. The van der Waals surface area contributed by atoms with Crippen molar-refractivity contribution in [1.82, 2.24) is 0 Å². The summed E-state index contributed by atoms with van der Waals surface area (Å²) in [6, 6.07) is 33.0. The number of hydrogen-bond donors (Lipinski definition) is 1. The van der Waals surface area contributed by atoms with Crippen molar-refractivity contribution in [2.45, 2.75) is 46.0 Å². The molecule has 0 unspecified atom stereocenters. The maximum Gasteiger partial charge on any atom is 0.0314 e. The molecule has 4 aromatic carbocycles. The highest BCUT2D eigenvalue weighted by Crippen LogP contribution is 2.36. The van der Waals surface area contributed by atoms with Gasteiger partial charge in [-0.05, 0) is 94.5 Å². The Morgan fingerprint density at radius 2 is 0.938 bits per heavy atom. The lowest BCUT2D eigenvalue weighted by atomic mass is 9.77. The molecule has 0 aliphatic heterocycles. The number of anilines is 1. The van der Waals surface area contributed by atoms with Gasteiger partial charge in [0.25, 0.3) is 0 Å². The van der Waals surface area contributed by atoms with Crippen LogP contribution in [0.3, 0.4) is 0 Å². The first-order chi connectivity index (χ1) is 15.4. The first-order valence-electron chi connectivity index (χ1n) is 11.6. The number of hydrogen-bond acceptors (Lipinski definition) is 1. The minimum atomic E-state index is 0.234. The Labute approximate surface area is 192 Å². The Morgan fingerprint density at radius 1 is 0.562 bits per heavy atom. The number of nitrogens with two attached hydrogens (primary N) is 1. The molecule has 0 amide bonds. The second-order valence-corrected chi connectivity index (χ2v) is 9.13. The Bertz CT molecular complexity index is 1120. The summed E-state index contributed by atoms with van der Waals surface area (Å²) in [6.45, 7) is 9.05. The van der Waals surface area contributed by atoms with E-state index in [9.17, 15) is 0 Å². The lowest BCUT2D eigenvalue weighted by Crippen LogP contribution is -2.19. The minimum absolute atomic E-state index is 0.234. The third-order valence-electron chi connectivity index (χ3n) is 7.04. The summed E-state index contributed by atoms with van der Waals surface area (Å²) in [5.74, 6) is 0. The molecule has 4 aromatic rings. The number of benzene rings is 4. The van der Waals surface area contributed by atoms with Gasteiger partial charge < -0.3 is 5.73 Å². The molecule has 0 bridgehead atoms. The Hall–Kier alpha value is -3.32. The van der Waals surface area contributed by atoms with Crippen molar-refractivity contribution in [2.24, 2.45) is 0 Å². The van der Waals surface area contributed by atoms with Gasteiger partial charge in [0.2, 0.25) is 0 Å². The van der Waals surface area contributed by atoms with Crippen LogP contribution in [0.25, 0.3) is 33.4 Å². The van der Waals surface area contributed by atoms with Gasteiger partial charge in [0, 0.05) is 5.69 Å². The summed E-state index contributed by atoms with van der Waals surface area (Å²) >= 11 is 0. The average Bonchev–Trinajstić information content (AvgIpc) is 2.84. The van der Waals surface area contributed by atoms with Crippen LogP contribution in [0.5, 0.6) is 0 Å². The van der Waals surface area contributed by atoms with E-state index in [1.165, 1.54) is 44.5 Å². The van der Waals surface area contributed by atoms with Crippen molar-refractivity contribution in [3.8, 4) is 33.4 Å². The van der Waals surface area contributed by atoms with Crippen LogP contribution in [0.2, 0.25) is 0 Å². The van der Waals surface area contributed by atoms with Crippen molar-refractivity contribution in [3.05, 3.63) is 102 Å². The van der Waals surface area contributed by atoms with Crippen molar-refractivity contribution < 1.29 is 0 Å². The van der Waals surface area contributed by atoms with Gasteiger partial charge in [-0.1, -0.05) is 87.0 Å². The van der Waals surface area contributed by atoms with Crippen LogP contribution in [0.15, 0.2) is 91.0 Å². The molecular formula is C31H33N. The molecule has 32 heavy (non-hydrogen) atoms. The average molecular weight is 420 g/mol. The molecular weight excluding hydrogens is 386 g/mol. The van der Waals surface area contributed by atoms with Gasteiger partial charge >= 0.3 is 0 Å². The largest absolute Gasteiger partial charge is 0.399 e. The monoisotopic (exact) mass is 419 g/mol. The molecule has 162 valence electrons. The third-order valence-corrected chi connectivity index (χ3v) is 7.04. The lowest BCUT2D eigenvalue weighted by Gasteiger charge is -2.27. The smallest absolute Gasteiger partial charge is 0.0314 e. The molecule has 0 spiro atoms. The molecule has 0 aromatic heterocycles. The molecule has 0 aliphatic rings. The second kappa shape index (κ2) is 9.04. The number of aryl methyl sites for hydroxylation is 1. The summed E-state index contributed by atoms with van der Waals surface area (Å²) in [6.07, 6.45) is 2.29. The predicted octanol–water partition coefficient (Wildman–Crippen LogP) is 8.66. The third kappa shape index (κ3) is 4.48. The van der Waals surface area contributed by atoms with E-state index in [0.29, 0.717) is 0 Å². The van der Waals surface area contributed by atoms with Crippen molar-refractivity contribution in [2.75, 3.05) is 5.73 Å². The van der Waals surface area contributed by atoms with Gasteiger partial charge in [-0.15, -0.1) is 0 Å². The van der Waals surface area contributed by atoms with Gasteiger partial charge in [0.15, 0.2) is 0 Å². The fourth-order valence-corrected chi connectivity index (χ4v) is 4.27. The summed E-state index contributed by atoms with van der Waals surface area (Å²) < 4.78 is 0. The highest BCUT2D eigenvalue weighted by Gasteiger charge is 2.22. The first kappa shape index (κ1) is 21.9. The van der Waals surface area contributed by atoms with E-state index in [0.717, 1.165) is 18.5 Å². The van der Waals surface area contributed by atoms with Crippen LogP contribution in [0, 0.1) is 6.92 Å². The molecule has 0 fully saturated rings. The van der Waals surface area contributed by atoms with Gasteiger partial charge in [-0.25, -0.2) is 0 Å². The molecule has 1 nitrogen and oxygen atoms in total. The molecule has 0 saturated heterocycles. The zero-order valence-electron chi connectivity index (χ0n) is 19.7. The Morgan fingerprint density at radius 3 is 1.34 bits per heavy atom. The zero-order valence-corrected chi connectivity index (χ0v) is 19.7. The molecule has 4 rings (SSSR count). The summed E-state index contributed by atoms with van der Waals surface area (Å²) in [4.78, 5) is 0. The highest BCUT2D eigenvalue weighted by atomic mass is 14.5. The number of rotatable bonds is 6. The van der Waals surface area contributed by atoms with Crippen LogP contribution in [-0.4, -0.2) is 0 Å². The number of nitrogen functional groups attached to an aromatic ring is 1. The fraction of sp³-hybridized carbons (Fsp3) is 0.226. The quantitative estimate of drug-likeness (QED) is 0.311. The lowest BCUT2D eigenvalue weighted by molar-refractivity contribution is 0.439. The molecule has 0 saturated carbocycles. The van der Waals surface area contributed by atoms with E-state index < -0.39 is 0 Å².